The highest BCUT2D eigenvalue weighted by Gasteiger charge is 2.16. The fourth-order valence-corrected chi connectivity index (χ4v) is 4.11. The van der Waals surface area contributed by atoms with Gasteiger partial charge in [0.25, 0.3) is 0 Å². The summed E-state index contributed by atoms with van der Waals surface area (Å²) in [5.74, 6) is 0.877. The summed E-state index contributed by atoms with van der Waals surface area (Å²) in [5.41, 5.74) is 6.26. The number of carbonyl (C=O) groups is 1. The van der Waals surface area contributed by atoms with Gasteiger partial charge in [-0.2, -0.15) is 0 Å². The number of aromatic nitrogens is 3. The van der Waals surface area contributed by atoms with E-state index in [1.807, 2.05) is 51.6 Å². The summed E-state index contributed by atoms with van der Waals surface area (Å²) < 4.78 is 5.58. The first kappa shape index (κ1) is 25.0. The molecule has 2 aromatic heterocycles. The number of ether oxygens (including phenoxy) is 1. The average Bonchev–Trinajstić information content (AvgIpc) is 3.28. The Bertz CT molecular complexity index is 1380. The van der Waals surface area contributed by atoms with Crippen molar-refractivity contribution in [3.05, 3.63) is 54.4 Å². The molecular weight excluding hydrogens is 454 g/mol. The molecule has 0 aliphatic carbocycles. The number of methoxy groups -OCH3 is 1. The van der Waals surface area contributed by atoms with Crippen LogP contribution in [0.5, 0.6) is 5.75 Å². The van der Waals surface area contributed by atoms with E-state index in [-0.39, 0.29) is 5.91 Å². The van der Waals surface area contributed by atoms with Crippen molar-refractivity contribution in [2.75, 3.05) is 56.9 Å². The first-order chi connectivity index (χ1) is 17.3. The van der Waals surface area contributed by atoms with E-state index in [0.29, 0.717) is 17.4 Å². The number of likely N-dealkylation sites (N-methyl/N-ethyl adjacent to an activating group) is 2. The number of rotatable bonds is 9. The van der Waals surface area contributed by atoms with Gasteiger partial charge in [-0.3, -0.25) is 4.79 Å². The fraction of sp³-hybridized carbons (Fsp3) is 0.296. The van der Waals surface area contributed by atoms with Crippen molar-refractivity contribution in [1.29, 1.82) is 0 Å². The van der Waals surface area contributed by atoms with E-state index in [9.17, 15) is 4.79 Å². The van der Waals surface area contributed by atoms with Crippen LogP contribution in [-0.2, 0) is 4.79 Å². The quantitative estimate of drug-likeness (QED) is 0.316. The lowest BCUT2D eigenvalue weighted by Crippen LogP contribution is -2.29. The van der Waals surface area contributed by atoms with E-state index in [0.717, 1.165) is 52.2 Å². The van der Waals surface area contributed by atoms with Gasteiger partial charge in [-0.15, -0.1) is 0 Å². The summed E-state index contributed by atoms with van der Waals surface area (Å²) in [6, 6.07) is 12.0. The van der Waals surface area contributed by atoms with Gasteiger partial charge in [-0.05, 0) is 44.8 Å². The summed E-state index contributed by atoms with van der Waals surface area (Å²) >= 11 is 0. The highest BCUT2D eigenvalue weighted by Crippen LogP contribution is 2.35. The maximum absolute atomic E-state index is 11.9. The molecule has 0 atom stereocenters. The topological polar surface area (TPSA) is 98.4 Å². The zero-order valence-corrected chi connectivity index (χ0v) is 21.6. The molecule has 0 saturated heterocycles. The SMILES string of the molecule is COc1cnc(Nc2ccc(N(C)CCN(C)C)c(NC(C)=O)c2)nc1-c1c[nH]c2c(C)cccc12. The van der Waals surface area contributed by atoms with E-state index in [4.69, 9.17) is 9.72 Å². The molecule has 3 N–H and O–H groups in total. The van der Waals surface area contributed by atoms with E-state index >= 15 is 0 Å². The predicted molar refractivity (Wildman–Crippen MR) is 146 cm³/mol. The zero-order valence-electron chi connectivity index (χ0n) is 21.6. The van der Waals surface area contributed by atoms with Gasteiger partial charge in [0, 0.05) is 55.4 Å². The maximum atomic E-state index is 11.9. The molecule has 0 aliphatic heterocycles. The van der Waals surface area contributed by atoms with E-state index in [1.54, 1.807) is 13.3 Å². The Labute approximate surface area is 211 Å². The van der Waals surface area contributed by atoms with Crippen LogP contribution >= 0.6 is 0 Å². The van der Waals surface area contributed by atoms with Crippen molar-refractivity contribution in [3.8, 4) is 17.0 Å². The van der Waals surface area contributed by atoms with Crippen molar-refractivity contribution in [2.24, 2.45) is 0 Å². The van der Waals surface area contributed by atoms with E-state index in [2.05, 4.69) is 49.5 Å². The van der Waals surface area contributed by atoms with Crippen LogP contribution in [0.4, 0.5) is 23.0 Å². The molecular formula is C27H33N7O2. The standard InChI is InChI=1S/C27H33N7O2/c1-17-8-7-9-20-21(15-28-25(17)20)26-24(36-6)16-29-27(32-26)31-19-10-11-23(22(14-19)30-18(2)35)34(5)13-12-33(3)4/h7-11,14-16,28H,12-13H2,1-6H3,(H,30,35)(H,29,31,32). The largest absolute Gasteiger partial charge is 0.493 e. The molecule has 4 rings (SSSR count). The van der Waals surface area contributed by atoms with Crippen LogP contribution in [0.1, 0.15) is 12.5 Å². The van der Waals surface area contributed by atoms with Crippen molar-refractivity contribution >= 4 is 39.8 Å². The Morgan fingerprint density at radius 1 is 1.14 bits per heavy atom. The lowest BCUT2D eigenvalue weighted by Gasteiger charge is -2.24. The van der Waals surface area contributed by atoms with Gasteiger partial charge in [-0.1, -0.05) is 18.2 Å². The Morgan fingerprint density at radius 2 is 1.94 bits per heavy atom. The number of hydrogen-bond donors (Lipinski definition) is 3. The van der Waals surface area contributed by atoms with Crippen molar-refractivity contribution in [2.45, 2.75) is 13.8 Å². The molecule has 0 saturated carbocycles. The van der Waals surface area contributed by atoms with Gasteiger partial charge in [0.1, 0.15) is 5.69 Å². The number of carbonyl (C=O) groups excluding carboxylic acids is 1. The van der Waals surface area contributed by atoms with Crippen LogP contribution < -0.4 is 20.3 Å². The number of benzene rings is 2. The number of anilines is 4. The number of para-hydroxylation sites is 1. The van der Waals surface area contributed by atoms with Crippen molar-refractivity contribution in [1.82, 2.24) is 19.9 Å². The monoisotopic (exact) mass is 487 g/mol. The number of fused-ring (bicyclic) bond motifs is 1. The summed E-state index contributed by atoms with van der Waals surface area (Å²) in [4.78, 5) is 28.7. The van der Waals surface area contributed by atoms with Gasteiger partial charge >= 0.3 is 0 Å². The van der Waals surface area contributed by atoms with Crippen LogP contribution in [-0.4, -0.2) is 67.1 Å². The predicted octanol–water partition coefficient (Wildman–Crippen LogP) is 4.64. The second kappa shape index (κ2) is 10.7. The zero-order chi connectivity index (χ0) is 25.8. The molecule has 0 spiro atoms. The molecule has 9 heteroatoms. The van der Waals surface area contributed by atoms with Gasteiger partial charge in [0.15, 0.2) is 5.75 Å². The van der Waals surface area contributed by atoms with Gasteiger partial charge < -0.3 is 30.2 Å². The number of hydrogen-bond acceptors (Lipinski definition) is 7. The van der Waals surface area contributed by atoms with Gasteiger partial charge in [0.05, 0.1) is 24.7 Å². The van der Waals surface area contributed by atoms with Gasteiger partial charge in [0.2, 0.25) is 11.9 Å². The molecule has 0 aliphatic rings. The lowest BCUT2D eigenvalue weighted by molar-refractivity contribution is -0.114. The highest BCUT2D eigenvalue weighted by molar-refractivity contribution is 5.97. The third-order valence-corrected chi connectivity index (χ3v) is 6.01. The van der Waals surface area contributed by atoms with E-state index in [1.165, 1.54) is 6.92 Å². The Balaban J connectivity index is 1.67. The lowest BCUT2D eigenvalue weighted by atomic mass is 10.1. The third-order valence-electron chi connectivity index (χ3n) is 6.01. The van der Waals surface area contributed by atoms with Crippen LogP contribution in [0.2, 0.25) is 0 Å². The van der Waals surface area contributed by atoms with Gasteiger partial charge in [-0.25, -0.2) is 9.97 Å². The molecule has 2 aromatic carbocycles. The van der Waals surface area contributed by atoms with Crippen LogP contribution in [0, 0.1) is 6.92 Å². The summed E-state index contributed by atoms with van der Waals surface area (Å²) in [7, 11) is 7.70. The minimum Gasteiger partial charge on any atom is -0.493 e. The summed E-state index contributed by atoms with van der Waals surface area (Å²) in [6.07, 6.45) is 3.61. The van der Waals surface area contributed by atoms with Crippen LogP contribution in [0.15, 0.2) is 48.8 Å². The second-order valence-electron chi connectivity index (χ2n) is 9.07. The molecule has 0 bridgehead atoms. The third kappa shape index (κ3) is 5.41. The smallest absolute Gasteiger partial charge is 0.227 e. The Hall–Kier alpha value is -4.11. The molecule has 0 fully saturated rings. The molecule has 188 valence electrons. The number of amides is 1. The molecule has 0 radical (unpaired) electrons. The minimum absolute atomic E-state index is 0.132. The fourth-order valence-electron chi connectivity index (χ4n) is 4.11. The molecule has 1 amide bonds. The number of nitrogens with zero attached hydrogens (tertiary/aromatic N) is 4. The molecule has 36 heavy (non-hydrogen) atoms. The number of nitrogens with one attached hydrogen (secondary N) is 3. The number of aryl methyl sites for hydroxylation is 1. The normalized spacial score (nSPS) is 11.1. The second-order valence-corrected chi connectivity index (χ2v) is 9.07. The minimum atomic E-state index is -0.132. The average molecular weight is 488 g/mol. The molecule has 0 unspecified atom stereocenters. The first-order valence-electron chi connectivity index (χ1n) is 11.8. The maximum Gasteiger partial charge on any atom is 0.227 e. The molecule has 4 aromatic rings. The van der Waals surface area contributed by atoms with Crippen LogP contribution in [0.3, 0.4) is 0 Å². The summed E-state index contributed by atoms with van der Waals surface area (Å²) in [5, 5.41) is 7.29. The molecule has 2 heterocycles. The van der Waals surface area contributed by atoms with E-state index < -0.39 is 0 Å². The first-order valence-corrected chi connectivity index (χ1v) is 11.8. The van der Waals surface area contributed by atoms with Crippen molar-refractivity contribution < 1.29 is 9.53 Å². The Morgan fingerprint density at radius 3 is 2.67 bits per heavy atom. The molecule has 9 nitrogen and oxygen atoms in total. The number of H-pyrrole nitrogens is 1. The highest BCUT2D eigenvalue weighted by atomic mass is 16.5. The van der Waals surface area contributed by atoms with Crippen molar-refractivity contribution in [3.63, 3.8) is 0 Å². The number of aromatic amines is 1. The van der Waals surface area contributed by atoms with Crippen LogP contribution in [0.25, 0.3) is 22.2 Å². The summed E-state index contributed by atoms with van der Waals surface area (Å²) in [6.45, 7) is 5.29. The Kier molecular flexibility index (Phi) is 7.40.